The van der Waals surface area contributed by atoms with Crippen molar-refractivity contribution >= 4 is 0 Å². The van der Waals surface area contributed by atoms with Gasteiger partial charge in [-0.05, 0) is 24.2 Å². The third-order valence-electron chi connectivity index (χ3n) is 3.24. The summed E-state index contributed by atoms with van der Waals surface area (Å²) >= 11 is 0. The zero-order valence-corrected chi connectivity index (χ0v) is 11.3. The van der Waals surface area contributed by atoms with E-state index in [4.69, 9.17) is 0 Å². The second-order valence-electron chi connectivity index (χ2n) is 5.57. The summed E-state index contributed by atoms with van der Waals surface area (Å²) in [6.07, 6.45) is 10.4. The van der Waals surface area contributed by atoms with Gasteiger partial charge in [0.25, 0.3) is 0 Å². The molecule has 0 unspecified atom stereocenters. The molecule has 0 nitrogen and oxygen atoms in total. The van der Waals surface area contributed by atoms with Crippen LogP contribution in [0.25, 0.3) is 0 Å². The van der Waals surface area contributed by atoms with Gasteiger partial charge in [-0.2, -0.15) is 0 Å². The van der Waals surface area contributed by atoms with Gasteiger partial charge in [-0.15, -0.1) is 6.58 Å². The lowest BCUT2D eigenvalue weighted by atomic mass is 9.93. The molecule has 90 valence electrons. The molecule has 0 aromatic carbocycles. The van der Waals surface area contributed by atoms with Crippen LogP contribution < -0.4 is 0 Å². The summed E-state index contributed by atoms with van der Waals surface area (Å²) in [6.45, 7) is 13.1. The molecule has 0 saturated heterocycles. The molecule has 0 heteroatoms. The Morgan fingerprint density at radius 1 is 0.867 bits per heavy atom. The Labute approximate surface area is 97.2 Å². The molecule has 0 amide bonds. The molecule has 0 N–H and O–H groups in total. The Morgan fingerprint density at radius 2 is 1.40 bits per heavy atom. The first-order valence-corrected chi connectivity index (χ1v) is 6.68. The summed E-state index contributed by atoms with van der Waals surface area (Å²) in [5.74, 6) is 2.49. The molecule has 0 saturated carbocycles. The van der Waals surface area contributed by atoms with Gasteiger partial charge in [0.15, 0.2) is 0 Å². The van der Waals surface area contributed by atoms with Gasteiger partial charge in [0.05, 0.1) is 0 Å². The molecule has 0 aromatic rings. The summed E-state index contributed by atoms with van der Waals surface area (Å²) in [7, 11) is 0. The first-order valence-electron chi connectivity index (χ1n) is 6.68. The minimum atomic E-state index is 0.702. The molecule has 0 fully saturated rings. The second kappa shape index (κ2) is 9.00. The molecule has 0 radical (unpaired) electrons. The minimum absolute atomic E-state index is 0.702. The third-order valence-corrected chi connectivity index (χ3v) is 3.24. The number of rotatable bonds is 9. The normalized spacial score (nSPS) is 15.3. The smallest absolute Gasteiger partial charge is 0.0265 e. The van der Waals surface area contributed by atoms with Crippen molar-refractivity contribution in [1.29, 1.82) is 0 Å². The predicted molar refractivity (Wildman–Crippen MR) is 71.1 cm³/mol. The van der Waals surface area contributed by atoms with Crippen molar-refractivity contribution in [3.05, 3.63) is 12.7 Å². The number of hydrogen-bond acceptors (Lipinski definition) is 0. The van der Waals surface area contributed by atoms with Crippen LogP contribution in [-0.2, 0) is 0 Å². The lowest BCUT2D eigenvalue weighted by Gasteiger charge is -2.13. The minimum Gasteiger partial charge on any atom is -0.103 e. The van der Waals surface area contributed by atoms with E-state index in [2.05, 4.69) is 40.3 Å². The maximum Gasteiger partial charge on any atom is -0.0265 e. The second-order valence-corrected chi connectivity index (χ2v) is 5.57. The molecule has 0 spiro atoms. The van der Waals surface area contributed by atoms with Gasteiger partial charge < -0.3 is 0 Å². The lowest BCUT2D eigenvalue weighted by Crippen LogP contribution is -1.98. The average molecular weight is 210 g/mol. The zero-order valence-electron chi connectivity index (χ0n) is 11.3. The van der Waals surface area contributed by atoms with E-state index in [1.807, 2.05) is 0 Å². The molecule has 0 bridgehead atoms. The van der Waals surface area contributed by atoms with E-state index in [-0.39, 0.29) is 0 Å². The third kappa shape index (κ3) is 10.0. The van der Waals surface area contributed by atoms with Crippen molar-refractivity contribution in [3.8, 4) is 0 Å². The standard InChI is InChI=1S/C15H30/c1-6-14(4)10-8-12-15(5)11-7-9-13(2)3/h6,13-15H,1,7-12H2,2-5H3/t14-,15+/m0/s1. The summed E-state index contributed by atoms with van der Waals surface area (Å²) in [5, 5.41) is 0. The van der Waals surface area contributed by atoms with Crippen molar-refractivity contribution in [1.82, 2.24) is 0 Å². The summed E-state index contributed by atoms with van der Waals surface area (Å²) in [5.41, 5.74) is 0. The van der Waals surface area contributed by atoms with E-state index in [0.29, 0.717) is 5.92 Å². The summed E-state index contributed by atoms with van der Waals surface area (Å²) < 4.78 is 0. The summed E-state index contributed by atoms with van der Waals surface area (Å²) in [6, 6.07) is 0. The van der Waals surface area contributed by atoms with E-state index in [1.165, 1.54) is 38.5 Å². The van der Waals surface area contributed by atoms with Crippen molar-refractivity contribution in [2.75, 3.05) is 0 Å². The van der Waals surface area contributed by atoms with E-state index in [9.17, 15) is 0 Å². The highest BCUT2D eigenvalue weighted by molar-refractivity contribution is 4.74. The zero-order chi connectivity index (χ0) is 11.7. The van der Waals surface area contributed by atoms with Crippen LogP contribution in [0.2, 0.25) is 0 Å². The maximum atomic E-state index is 3.83. The van der Waals surface area contributed by atoms with E-state index < -0.39 is 0 Å². The highest BCUT2D eigenvalue weighted by atomic mass is 14.1. The molecule has 0 aromatic heterocycles. The van der Waals surface area contributed by atoms with Gasteiger partial charge in [-0.25, -0.2) is 0 Å². The Bertz CT molecular complexity index is 146. The lowest BCUT2D eigenvalue weighted by molar-refractivity contribution is 0.413. The highest BCUT2D eigenvalue weighted by Crippen LogP contribution is 2.19. The maximum absolute atomic E-state index is 3.83. The molecular weight excluding hydrogens is 180 g/mol. The Hall–Kier alpha value is -0.260. The molecule has 0 aliphatic carbocycles. The van der Waals surface area contributed by atoms with E-state index in [1.54, 1.807) is 0 Å². The van der Waals surface area contributed by atoms with Crippen LogP contribution in [0.3, 0.4) is 0 Å². The fraction of sp³-hybridized carbons (Fsp3) is 0.867. The average Bonchev–Trinajstić information content (AvgIpc) is 2.17. The monoisotopic (exact) mass is 210 g/mol. The van der Waals surface area contributed by atoms with Gasteiger partial charge in [-0.1, -0.05) is 65.9 Å². The van der Waals surface area contributed by atoms with Gasteiger partial charge in [0.1, 0.15) is 0 Å². The highest BCUT2D eigenvalue weighted by Gasteiger charge is 2.04. The van der Waals surface area contributed by atoms with Crippen LogP contribution >= 0.6 is 0 Å². The molecular formula is C15H30. The molecule has 2 atom stereocenters. The van der Waals surface area contributed by atoms with E-state index >= 15 is 0 Å². The Balaban J connectivity index is 3.33. The number of allylic oxidation sites excluding steroid dienone is 1. The Morgan fingerprint density at radius 3 is 1.87 bits per heavy atom. The van der Waals surface area contributed by atoms with Crippen molar-refractivity contribution in [3.63, 3.8) is 0 Å². The van der Waals surface area contributed by atoms with Crippen molar-refractivity contribution in [2.45, 2.75) is 66.2 Å². The Kier molecular flexibility index (Phi) is 8.85. The molecule has 0 heterocycles. The van der Waals surface area contributed by atoms with Crippen molar-refractivity contribution < 1.29 is 0 Å². The number of hydrogen-bond donors (Lipinski definition) is 0. The van der Waals surface area contributed by atoms with Crippen LogP contribution in [0.4, 0.5) is 0 Å². The molecule has 15 heavy (non-hydrogen) atoms. The first kappa shape index (κ1) is 14.7. The van der Waals surface area contributed by atoms with Crippen molar-refractivity contribution in [2.24, 2.45) is 17.8 Å². The van der Waals surface area contributed by atoms with Gasteiger partial charge in [0.2, 0.25) is 0 Å². The van der Waals surface area contributed by atoms with Gasteiger partial charge in [-0.3, -0.25) is 0 Å². The quantitative estimate of drug-likeness (QED) is 0.444. The van der Waals surface area contributed by atoms with Crippen LogP contribution in [0.15, 0.2) is 12.7 Å². The fourth-order valence-corrected chi connectivity index (χ4v) is 1.93. The summed E-state index contributed by atoms with van der Waals surface area (Å²) in [4.78, 5) is 0. The predicted octanol–water partition coefficient (Wildman–Crippen LogP) is 5.44. The van der Waals surface area contributed by atoms with Crippen LogP contribution in [-0.4, -0.2) is 0 Å². The molecule has 0 aliphatic heterocycles. The van der Waals surface area contributed by atoms with Crippen LogP contribution in [0.1, 0.15) is 66.2 Å². The van der Waals surface area contributed by atoms with Crippen LogP contribution in [0.5, 0.6) is 0 Å². The van der Waals surface area contributed by atoms with Gasteiger partial charge in [0, 0.05) is 0 Å². The SMILES string of the molecule is C=C[C@H](C)CCC[C@H](C)CCCC(C)C. The largest absolute Gasteiger partial charge is 0.103 e. The first-order chi connectivity index (χ1) is 7.06. The van der Waals surface area contributed by atoms with E-state index in [0.717, 1.165) is 11.8 Å². The van der Waals surface area contributed by atoms with Crippen LogP contribution in [0, 0.1) is 17.8 Å². The van der Waals surface area contributed by atoms with Gasteiger partial charge >= 0.3 is 0 Å². The molecule has 0 rings (SSSR count). The fourth-order valence-electron chi connectivity index (χ4n) is 1.93. The topological polar surface area (TPSA) is 0 Å². The molecule has 0 aliphatic rings.